The third kappa shape index (κ3) is 2.20. The lowest BCUT2D eigenvalue weighted by molar-refractivity contribution is 0.103. The third-order valence-corrected chi connectivity index (χ3v) is 6.27. The molecule has 0 fully saturated rings. The molecule has 106 valence electrons. The van der Waals surface area contributed by atoms with Crippen LogP contribution in [-0.2, 0) is 0 Å². The van der Waals surface area contributed by atoms with Crippen LogP contribution < -0.4 is 5.19 Å². The highest BCUT2D eigenvalue weighted by atomic mass is 28.3. The summed E-state index contributed by atoms with van der Waals surface area (Å²) in [6.45, 7) is 11.1. The van der Waals surface area contributed by atoms with Crippen LogP contribution in [0, 0.1) is 0 Å². The molecule has 0 spiro atoms. The molecule has 0 saturated carbocycles. The molecule has 0 aliphatic heterocycles. The molecule has 1 aliphatic rings. The summed E-state index contributed by atoms with van der Waals surface area (Å²) < 4.78 is 0. The van der Waals surface area contributed by atoms with Gasteiger partial charge in [-0.1, -0.05) is 79.9 Å². The second-order valence-electron chi connectivity index (χ2n) is 6.71. The SMILES string of the molecule is C=C1C(=O)c2cccc([Si](C)(C)C)c2[C@@H]1c1ccccc1. The molecule has 0 amide bonds. The molecule has 2 aromatic rings. The van der Waals surface area contributed by atoms with Gasteiger partial charge in [0, 0.05) is 17.1 Å². The van der Waals surface area contributed by atoms with Crippen LogP contribution in [0.1, 0.15) is 27.4 Å². The van der Waals surface area contributed by atoms with Crippen molar-refractivity contribution in [2.24, 2.45) is 0 Å². The molecule has 1 atom stereocenters. The van der Waals surface area contributed by atoms with E-state index in [0.717, 1.165) is 5.56 Å². The Morgan fingerprint density at radius 3 is 2.24 bits per heavy atom. The summed E-state index contributed by atoms with van der Waals surface area (Å²) in [6.07, 6.45) is 0. The van der Waals surface area contributed by atoms with Gasteiger partial charge in [0.1, 0.15) is 0 Å². The fourth-order valence-electron chi connectivity index (χ4n) is 3.22. The van der Waals surface area contributed by atoms with Gasteiger partial charge in [-0.25, -0.2) is 0 Å². The lowest BCUT2D eigenvalue weighted by Gasteiger charge is -2.24. The maximum Gasteiger partial charge on any atom is 0.189 e. The summed E-state index contributed by atoms with van der Waals surface area (Å²) in [6, 6.07) is 16.4. The molecule has 1 nitrogen and oxygen atoms in total. The zero-order valence-electron chi connectivity index (χ0n) is 12.8. The number of rotatable bonds is 2. The minimum Gasteiger partial charge on any atom is -0.289 e. The van der Waals surface area contributed by atoms with E-state index in [4.69, 9.17) is 0 Å². The lowest BCUT2D eigenvalue weighted by Crippen LogP contribution is -2.40. The van der Waals surface area contributed by atoms with Gasteiger partial charge >= 0.3 is 0 Å². The molecule has 0 bridgehead atoms. The summed E-state index contributed by atoms with van der Waals surface area (Å²) in [4.78, 5) is 12.6. The van der Waals surface area contributed by atoms with E-state index in [0.29, 0.717) is 5.57 Å². The molecule has 3 rings (SSSR count). The molecule has 0 unspecified atom stereocenters. The average molecular weight is 292 g/mol. The van der Waals surface area contributed by atoms with Crippen LogP contribution in [-0.4, -0.2) is 13.9 Å². The van der Waals surface area contributed by atoms with E-state index in [1.165, 1.54) is 16.3 Å². The molecule has 2 heteroatoms. The van der Waals surface area contributed by atoms with Gasteiger partial charge in [-0.05, 0) is 11.1 Å². The first-order chi connectivity index (χ1) is 9.91. The highest BCUT2D eigenvalue weighted by molar-refractivity contribution is 6.89. The van der Waals surface area contributed by atoms with Crippen LogP contribution in [0.3, 0.4) is 0 Å². The Hall–Kier alpha value is -1.93. The predicted molar refractivity (Wildman–Crippen MR) is 91.2 cm³/mol. The summed E-state index contributed by atoms with van der Waals surface area (Å²) >= 11 is 0. The molecule has 0 saturated heterocycles. The third-order valence-electron chi connectivity index (χ3n) is 4.22. The number of hydrogen-bond acceptors (Lipinski definition) is 1. The van der Waals surface area contributed by atoms with Crippen molar-refractivity contribution in [1.82, 2.24) is 0 Å². The fourth-order valence-corrected chi connectivity index (χ4v) is 4.90. The fraction of sp³-hybridized carbons (Fsp3) is 0.211. The van der Waals surface area contributed by atoms with E-state index in [9.17, 15) is 4.79 Å². The van der Waals surface area contributed by atoms with Crippen molar-refractivity contribution < 1.29 is 4.79 Å². The number of allylic oxidation sites excluding steroid dienone is 1. The van der Waals surface area contributed by atoms with Gasteiger partial charge in [0.05, 0.1) is 8.07 Å². The molecule has 0 N–H and O–H groups in total. The van der Waals surface area contributed by atoms with E-state index in [2.05, 4.69) is 44.4 Å². The lowest BCUT2D eigenvalue weighted by atomic mass is 9.90. The summed E-state index contributed by atoms with van der Waals surface area (Å²) in [7, 11) is -1.52. The van der Waals surface area contributed by atoms with E-state index in [1.807, 2.05) is 30.3 Å². The minimum atomic E-state index is -1.52. The Kier molecular flexibility index (Phi) is 3.21. The van der Waals surface area contributed by atoms with Crippen LogP contribution in [0.15, 0.2) is 60.7 Å². The maximum atomic E-state index is 12.6. The average Bonchev–Trinajstić information content (AvgIpc) is 2.71. The highest BCUT2D eigenvalue weighted by Gasteiger charge is 2.38. The number of carbonyl (C=O) groups excluding carboxylic acids is 1. The molecule has 0 radical (unpaired) electrons. The van der Waals surface area contributed by atoms with Gasteiger partial charge in [0.25, 0.3) is 0 Å². The molecule has 1 aliphatic carbocycles. The quantitative estimate of drug-likeness (QED) is 0.601. The largest absolute Gasteiger partial charge is 0.289 e. The van der Waals surface area contributed by atoms with E-state index in [1.54, 1.807) is 0 Å². The van der Waals surface area contributed by atoms with Crippen molar-refractivity contribution in [3.05, 3.63) is 77.4 Å². The molecule has 21 heavy (non-hydrogen) atoms. The van der Waals surface area contributed by atoms with Crippen LogP contribution in [0.25, 0.3) is 0 Å². The first-order valence-electron chi connectivity index (χ1n) is 7.33. The van der Waals surface area contributed by atoms with E-state index in [-0.39, 0.29) is 11.7 Å². The predicted octanol–water partition coefficient (Wildman–Crippen LogP) is 4.12. The van der Waals surface area contributed by atoms with Crippen molar-refractivity contribution in [3.63, 3.8) is 0 Å². The van der Waals surface area contributed by atoms with Gasteiger partial charge in [0.2, 0.25) is 0 Å². The smallest absolute Gasteiger partial charge is 0.189 e. The standard InChI is InChI=1S/C19H20OSi/c1-13-17(14-9-6-5-7-10-14)18-15(19(13)20)11-8-12-16(18)21(2,3)4/h5-12,17H,1H2,2-4H3/t17-/m0/s1. The highest BCUT2D eigenvalue weighted by Crippen LogP contribution is 2.40. The van der Waals surface area contributed by atoms with E-state index >= 15 is 0 Å². The van der Waals surface area contributed by atoms with Gasteiger partial charge in [-0.15, -0.1) is 0 Å². The first kappa shape index (κ1) is 14.0. The normalized spacial score (nSPS) is 18.0. The van der Waals surface area contributed by atoms with Crippen molar-refractivity contribution in [1.29, 1.82) is 0 Å². The zero-order chi connectivity index (χ0) is 15.2. The summed E-state index contributed by atoms with van der Waals surface area (Å²) in [5.41, 5.74) is 3.94. The number of fused-ring (bicyclic) bond motifs is 1. The van der Waals surface area contributed by atoms with Crippen LogP contribution in [0.2, 0.25) is 19.6 Å². The second-order valence-corrected chi connectivity index (χ2v) is 11.8. The monoisotopic (exact) mass is 292 g/mol. The topological polar surface area (TPSA) is 17.1 Å². The summed E-state index contributed by atoms with van der Waals surface area (Å²) in [5, 5.41) is 1.38. The molecule has 0 aromatic heterocycles. The van der Waals surface area contributed by atoms with Crippen molar-refractivity contribution >= 4 is 19.0 Å². The summed E-state index contributed by atoms with van der Waals surface area (Å²) in [5.74, 6) is 0.135. The number of ketones is 1. The molecule has 2 aromatic carbocycles. The van der Waals surface area contributed by atoms with Crippen molar-refractivity contribution in [2.75, 3.05) is 0 Å². The number of carbonyl (C=O) groups is 1. The molecular weight excluding hydrogens is 272 g/mol. The van der Waals surface area contributed by atoms with Crippen LogP contribution in [0.4, 0.5) is 0 Å². The Labute approximate surface area is 127 Å². The van der Waals surface area contributed by atoms with Gasteiger partial charge in [0.15, 0.2) is 5.78 Å². The van der Waals surface area contributed by atoms with Crippen LogP contribution >= 0.6 is 0 Å². The Morgan fingerprint density at radius 2 is 1.62 bits per heavy atom. The molecular formula is C19H20OSi. The van der Waals surface area contributed by atoms with Crippen molar-refractivity contribution in [2.45, 2.75) is 25.6 Å². The van der Waals surface area contributed by atoms with E-state index < -0.39 is 8.07 Å². The maximum absolute atomic E-state index is 12.6. The number of Topliss-reactive ketones (excluding diaryl/α,β-unsaturated/α-hetero) is 1. The minimum absolute atomic E-state index is 0.0247. The Morgan fingerprint density at radius 1 is 0.952 bits per heavy atom. The van der Waals surface area contributed by atoms with Gasteiger partial charge < -0.3 is 0 Å². The first-order valence-corrected chi connectivity index (χ1v) is 10.8. The van der Waals surface area contributed by atoms with Crippen molar-refractivity contribution in [3.8, 4) is 0 Å². The zero-order valence-corrected chi connectivity index (χ0v) is 13.8. The van der Waals surface area contributed by atoms with Crippen LogP contribution in [0.5, 0.6) is 0 Å². The Balaban J connectivity index is 2.29. The van der Waals surface area contributed by atoms with Gasteiger partial charge in [-0.2, -0.15) is 0 Å². The van der Waals surface area contributed by atoms with Gasteiger partial charge in [-0.3, -0.25) is 4.79 Å². The Bertz CT molecular complexity index is 723. The second kappa shape index (κ2) is 4.81. The molecule has 0 heterocycles. The number of benzene rings is 2. The number of hydrogen-bond donors (Lipinski definition) is 0.